The lowest BCUT2D eigenvalue weighted by Gasteiger charge is -2.10. The summed E-state index contributed by atoms with van der Waals surface area (Å²) in [4.78, 5) is 0. The fourth-order valence-electron chi connectivity index (χ4n) is 1.31. The highest BCUT2D eigenvalue weighted by molar-refractivity contribution is 7.92. The molecule has 0 aliphatic heterocycles. The summed E-state index contributed by atoms with van der Waals surface area (Å²) in [7, 11) is -1.90. The van der Waals surface area contributed by atoms with Gasteiger partial charge in [-0.05, 0) is 25.0 Å². The van der Waals surface area contributed by atoms with Gasteiger partial charge in [0.2, 0.25) is 10.0 Å². The summed E-state index contributed by atoms with van der Waals surface area (Å²) in [5.74, 6) is 1.01. The van der Waals surface area contributed by atoms with Crippen LogP contribution in [-0.2, 0) is 10.0 Å². The van der Waals surface area contributed by atoms with Crippen LogP contribution in [0.2, 0.25) is 5.02 Å². The molecule has 0 aromatic heterocycles. The van der Waals surface area contributed by atoms with Crippen LogP contribution in [0.3, 0.4) is 0 Å². The Morgan fingerprint density at radius 1 is 1.33 bits per heavy atom. The van der Waals surface area contributed by atoms with E-state index in [9.17, 15) is 8.42 Å². The summed E-state index contributed by atoms with van der Waals surface area (Å²) in [6.45, 7) is 0. The molecule has 0 fully saturated rings. The fourth-order valence-corrected chi connectivity index (χ4v) is 2.91. The van der Waals surface area contributed by atoms with Crippen LogP contribution in [0.5, 0.6) is 5.75 Å². The van der Waals surface area contributed by atoms with E-state index in [-0.39, 0.29) is 5.75 Å². The third-order valence-corrected chi connectivity index (χ3v) is 4.19. The van der Waals surface area contributed by atoms with E-state index >= 15 is 0 Å². The van der Waals surface area contributed by atoms with Crippen LogP contribution in [0.4, 0.5) is 5.69 Å². The molecule has 1 aromatic rings. The standard InChI is InChI=1S/C11H15Cl2NO3S/c1-17-9-4-5-10(13)11(8-9)14-18(15,16)7-3-2-6-12/h4-5,8,14H,2-3,6-7H2,1H3. The van der Waals surface area contributed by atoms with Crippen molar-refractivity contribution in [2.75, 3.05) is 23.5 Å². The van der Waals surface area contributed by atoms with Crippen LogP contribution in [0.15, 0.2) is 18.2 Å². The van der Waals surface area contributed by atoms with Crippen LogP contribution in [0.1, 0.15) is 12.8 Å². The van der Waals surface area contributed by atoms with Gasteiger partial charge in [0.1, 0.15) is 5.75 Å². The Labute approximate surface area is 117 Å². The molecule has 0 radical (unpaired) electrons. The van der Waals surface area contributed by atoms with E-state index in [1.54, 1.807) is 18.2 Å². The molecule has 0 saturated carbocycles. The molecule has 1 N–H and O–H groups in total. The van der Waals surface area contributed by atoms with Crippen molar-refractivity contribution >= 4 is 38.9 Å². The first-order valence-electron chi connectivity index (χ1n) is 5.38. The van der Waals surface area contributed by atoms with Gasteiger partial charge in [-0.2, -0.15) is 0 Å². The van der Waals surface area contributed by atoms with Gasteiger partial charge in [-0.1, -0.05) is 11.6 Å². The zero-order valence-corrected chi connectivity index (χ0v) is 12.3. The second-order valence-corrected chi connectivity index (χ2v) is 6.29. The number of benzene rings is 1. The summed E-state index contributed by atoms with van der Waals surface area (Å²) >= 11 is 11.4. The Kier molecular flexibility index (Phi) is 6.05. The van der Waals surface area contributed by atoms with Crippen LogP contribution in [-0.4, -0.2) is 27.2 Å². The lowest BCUT2D eigenvalue weighted by molar-refractivity contribution is 0.415. The molecule has 0 unspecified atom stereocenters. The van der Waals surface area contributed by atoms with Gasteiger partial charge in [-0.15, -0.1) is 11.6 Å². The summed E-state index contributed by atoms with van der Waals surface area (Å²) in [5.41, 5.74) is 0.321. The van der Waals surface area contributed by atoms with E-state index in [1.807, 2.05) is 0 Å². The SMILES string of the molecule is COc1ccc(Cl)c(NS(=O)(=O)CCCCCl)c1. The van der Waals surface area contributed by atoms with Gasteiger partial charge in [0.25, 0.3) is 0 Å². The van der Waals surface area contributed by atoms with Crippen molar-refractivity contribution in [2.24, 2.45) is 0 Å². The Morgan fingerprint density at radius 3 is 2.67 bits per heavy atom. The molecule has 0 atom stereocenters. The number of rotatable bonds is 7. The number of halogens is 2. The van der Waals surface area contributed by atoms with Crippen molar-refractivity contribution in [1.29, 1.82) is 0 Å². The van der Waals surface area contributed by atoms with Crippen molar-refractivity contribution in [1.82, 2.24) is 0 Å². The maximum absolute atomic E-state index is 11.8. The summed E-state index contributed by atoms with van der Waals surface area (Å²) in [6, 6.07) is 4.78. The summed E-state index contributed by atoms with van der Waals surface area (Å²) in [5, 5.41) is 0.330. The number of hydrogen-bond donors (Lipinski definition) is 1. The zero-order valence-electron chi connectivity index (χ0n) is 9.95. The monoisotopic (exact) mass is 311 g/mol. The highest BCUT2D eigenvalue weighted by Crippen LogP contribution is 2.27. The van der Waals surface area contributed by atoms with E-state index in [0.717, 1.165) is 0 Å². The summed E-state index contributed by atoms with van der Waals surface area (Å²) in [6.07, 6.45) is 1.18. The number of anilines is 1. The molecule has 0 aliphatic rings. The third-order valence-electron chi connectivity index (χ3n) is 2.24. The minimum absolute atomic E-state index is 0.0211. The molecule has 0 amide bonds. The Morgan fingerprint density at radius 2 is 2.06 bits per heavy atom. The van der Waals surface area contributed by atoms with Crippen LogP contribution in [0.25, 0.3) is 0 Å². The third kappa shape index (κ3) is 4.92. The molecule has 0 bridgehead atoms. The predicted molar refractivity (Wildman–Crippen MR) is 75.4 cm³/mol. The average Bonchev–Trinajstić information content (AvgIpc) is 2.32. The Bertz CT molecular complexity index is 491. The fraction of sp³-hybridized carbons (Fsp3) is 0.455. The first-order chi connectivity index (χ1) is 8.48. The number of ether oxygens (including phenoxy) is 1. The molecule has 4 nitrogen and oxygen atoms in total. The van der Waals surface area contributed by atoms with Crippen molar-refractivity contribution in [3.8, 4) is 5.75 Å². The van der Waals surface area contributed by atoms with Gasteiger partial charge in [0, 0.05) is 11.9 Å². The van der Waals surface area contributed by atoms with Crippen LogP contribution >= 0.6 is 23.2 Å². The minimum Gasteiger partial charge on any atom is -0.497 e. The van der Waals surface area contributed by atoms with Gasteiger partial charge in [0.05, 0.1) is 23.6 Å². The molecule has 1 rings (SSSR count). The van der Waals surface area contributed by atoms with Crippen molar-refractivity contribution < 1.29 is 13.2 Å². The number of hydrogen-bond acceptors (Lipinski definition) is 3. The number of unbranched alkanes of at least 4 members (excludes halogenated alkanes) is 1. The molecule has 0 spiro atoms. The van der Waals surface area contributed by atoms with Crippen molar-refractivity contribution in [3.05, 3.63) is 23.2 Å². The first kappa shape index (κ1) is 15.4. The topological polar surface area (TPSA) is 55.4 Å². The van der Waals surface area contributed by atoms with E-state index in [2.05, 4.69) is 4.72 Å². The quantitative estimate of drug-likeness (QED) is 0.622. The lowest BCUT2D eigenvalue weighted by Crippen LogP contribution is -2.17. The van der Waals surface area contributed by atoms with Gasteiger partial charge >= 0.3 is 0 Å². The van der Waals surface area contributed by atoms with Gasteiger partial charge < -0.3 is 4.74 Å². The number of methoxy groups -OCH3 is 1. The molecule has 0 saturated heterocycles. The number of alkyl halides is 1. The predicted octanol–water partition coefficient (Wildman–Crippen LogP) is 3.11. The van der Waals surface area contributed by atoms with E-state index in [0.29, 0.717) is 35.2 Å². The molecule has 18 heavy (non-hydrogen) atoms. The first-order valence-corrected chi connectivity index (χ1v) is 7.95. The highest BCUT2D eigenvalue weighted by atomic mass is 35.5. The highest BCUT2D eigenvalue weighted by Gasteiger charge is 2.12. The Balaban J connectivity index is 2.76. The van der Waals surface area contributed by atoms with Crippen molar-refractivity contribution in [2.45, 2.75) is 12.8 Å². The number of nitrogens with one attached hydrogen (secondary N) is 1. The molecule has 1 aromatic carbocycles. The molecule has 0 heterocycles. The van der Waals surface area contributed by atoms with Gasteiger partial charge in [-0.25, -0.2) is 8.42 Å². The van der Waals surface area contributed by atoms with Crippen LogP contribution in [0, 0.1) is 0 Å². The number of sulfonamides is 1. The average molecular weight is 312 g/mol. The molecule has 102 valence electrons. The maximum Gasteiger partial charge on any atom is 0.232 e. The van der Waals surface area contributed by atoms with E-state index in [4.69, 9.17) is 27.9 Å². The van der Waals surface area contributed by atoms with Crippen LogP contribution < -0.4 is 9.46 Å². The zero-order chi connectivity index (χ0) is 13.6. The largest absolute Gasteiger partial charge is 0.497 e. The maximum atomic E-state index is 11.8. The molecular weight excluding hydrogens is 297 g/mol. The van der Waals surface area contributed by atoms with Gasteiger partial charge in [0.15, 0.2) is 0 Å². The normalized spacial score (nSPS) is 11.3. The van der Waals surface area contributed by atoms with E-state index < -0.39 is 10.0 Å². The minimum atomic E-state index is -3.40. The molecule has 0 aliphatic carbocycles. The van der Waals surface area contributed by atoms with E-state index in [1.165, 1.54) is 7.11 Å². The lowest BCUT2D eigenvalue weighted by atomic mass is 10.3. The Hall–Kier alpha value is -0.650. The van der Waals surface area contributed by atoms with Crippen molar-refractivity contribution in [3.63, 3.8) is 0 Å². The smallest absolute Gasteiger partial charge is 0.232 e. The second-order valence-electron chi connectivity index (χ2n) is 3.66. The molecule has 7 heteroatoms. The summed E-state index contributed by atoms with van der Waals surface area (Å²) < 4.78 is 31.0. The molecular formula is C11H15Cl2NO3S. The second kappa shape index (κ2) is 7.07. The van der Waals surface area contributed by atoms with Gasteiger partial charge in [-0.3, -0.25) is 4.72 Å².